The van der Waals surface area contributed by atoms with Gasteiger partial charge in [0.25, 0.3) is 0 Å². The van der Waals surface area contributed by atoms with Crippen LogP contribution in [0, 0.1) is 0 Å². The fourth-order valence-electron chi connectivity index (χ4n) is 0. The molecular formula is AlMo3O6. The van der Waals surface area contributed by atoms with E-state index in [2.05, 4.69) is 0 Å². The molecule has 0 bridgehead atoms. The van der Waals surface area contributed by atoms with Gasteiger partial charge in [0.1, 0.15) is 0 Å². The third-order valence-corrected chi connectivity index (χ3v) is 0. The fourth-order valence-corrected chi connectivity index (χ4v) is 0. The average Bonchev–Trinajstić information content (AvgIpc) is 1.70. The molecule has 0 fully saturated rings. The molecule has 0 aromatic carbocycles. The molecule has 0 saturated carbocycles. The van der Waals surface area contributed by atoms with Crippen molar-refractivity contribution in [2.45, 2.75) is 0 Å². The normalized spacial score (nSPS) is 3.90. The van der Waals surface area contributed by atoms with Crippen LogP contribution in [-0.4, -0.2) is 17.4 Å². The third-order valence-electron chi connectivity index (χ3n) is 0. The van der Waals surface area contributed by atoms with E-state index >= 15 is 0 Å². The van der Waals surface area contributed by atoms with Crippen LogP contribution in [-0.2, 0) is 66.9 Å². The van der Waals surface area contributed by atoms with Gasteiger partial charge >= 0.3 is 95.6 Å². The van der Waals surface area contributed by atoms with E-state index in [9.17, 15) is 0 Å². The van der Waals surface area contributed by atoms with Crippen LogP contribution in [0.3, 0.4) is 0 Å². The summed E-state index contributed by atoms with van der Waals surface area (Å²) < 4.78 is 51.0. The molecule has 0 aliphatic heterocycles. The summed E-state index contributed by atoms with van der Waals surface area (Å²) in [4.78, 5) is 0. The van der Waals surface area contributed by atoms with Crippen molar-refractivity contribution in [1.29, 1.82) is 0 Å². The summed E-state index contributed by atoms with van der Waals surface area (Å²) >= 11 is -6.09. The van der Waals surface area contributed by atoms with Crippen LogP contribution in [0.15, 0.2) is 0 Å². The Bertz CT molecular complexity index is 49.7. The first-order chi connectivity index (χ1) is 4.24. The molecule has 10 heteroatoms. The summed E-state index contributed by atoms with van der Waals surface area (Å²) in [7, 11) is 0. The Labute approximate surface area is 94.4 Å². The van der Waals surface area contributed by atoms with Gasteiger partial charge in [-0.2, -0.15) is 0 Å². The second-order valence-corrected chi connectivity index (χ2v) is 1.21. The molecule has 0 atom stereocenters. The molecule has 10 heavy (non-hydrogen) atoms. The van der Waals surface area contributed by atoms with Crippen LogP contribution in [0.2, 0.25) is 0 Å². The third kappa shape index (κ3) is 221. The molecule has 0 radical (unpaired) electrons. The van der Waals surface area contributed by atoms with Crippen LogP contribution in [0.5, 0.6) is 0 Å². The summed E-state index contributed by atoms with van der Waals surface area (Å²) in [6.45, 7) is 0. The Morgan fingerprint density at radius 2 is 0.700 bits per heavy atom. The molecule has 0 N–H and O–H groups in total. The minimum absolute atomic E-state index is 0. The van der Waals surface area contributed by atoms with Crippen LogP contribution in [0.1, 0.15) is 0 Å². The van der Waals surface area contributed by atoms with E-state index in [1.54, 1.807) is 0 Å². The standard InChI is InChI=1S/Al.3Mo.6O/q+3;;;;;;;3*-1. The number of rotatable bonds is 0. The van der Waals surface area contributed by atoms with Gasteiger partial charge in [-0.25, -0.2) is 0 Å². The maximum atomic E-state index is 8.50. The molecular weight excluding hydrogens is 411 g/mol. The van der Waals surface area contributed by atoms with Crippen molar-refractivity contribution in [3.8, 4) is 0 Å². The van der Waals surface area contributed by atoms with E-state index in [-0.39, 0.29) is 17.4 Å². The zero-order valence-corrected chi connectivity index (χ0v) is 11.4. The molecule has 0 spiro atoms. The monoisotopic (exact) mass is 417 g/mol. The summed E-state index contributed by atoms with van der Waals surface area (Å²) in [5, 5.41) is 0. The Hall–Kier alpha value is 1.88. The molecule has 0 rings (SSSR count). The van der Waals surface area contributed by atoms with Crippen LogP contribution in [0.4, 0.5) is 0 Å². The zero-order chi connectivity index (χ0) is 8.12. The molecule has 6 nitrogen and oxygen atoms in total. The number of hydrogen-bond acceptors (Lipinski definition) is 6. The molecule has 0 aliphatic rings. The van der Waals surface area contributed by atoms with Crippen molar-refractivity contribution in [3.63, 3.8) is 0 Å². The van der Waals surface area contributed by atoms with E-state index in [0.717, 1.165) is 0 Å². The van der Waals surface area contributed by atoms with Gasteiger partial charge in [-0.3, -0.25) is 0 Å². The molecule has 0 aromatic rings. The van der Waals surface area contributed by atoms with Crippen molar-refractivity contribution >= 4 is 17.4 Å². The first-order valence-electron chi connectivity index (χ1n) is 1.00. The maximum absolute atomic E-state index is 8.50. The minimum atomic E-state index is -2.03. The SMILES string of the molecule is [Al+3].[O]=[Mo][O-].[O]=[Mo][O-].[O]=[Mo][O-]. The van der Waals surface area contributed by atoms with E-state index in [0.29, 0.717) is 0 Å². The van der Waals surface area contributed by atoms with Crippen molar-refractivity contribution in [2.75, 3.05) is 0 Å². The molecule has 57 valence electrons. The van der Waals surface area contributed by atoms with Gasteiger partial charge in [0, 0.05) is 0 Å². The van der Waals surface area contributed by atoms with Gasteiger partial charge in [-0.1, -0.05) is 0 Å². The summed E-state index contributed by atoms with van der Waals surface area (Å²) in [5.41, 5.74) is 0. The van der Waals surface area contributed by atoms with Crippen molar-refractivity contribution < 1.29 is 78.2 Å². The fraction of sp³-hybridized carbons (Fsp3) is 0. The second-order valence-electron chi connectivity index (χ2n) is 0.204. The Kier molecular flexibility index (Phi) is 101. The first kappa shape index (κ1) is 22.6. The van der Waals surface area contributed by atoms with Gasteiger partial charge in [-0.15, -0.1) is 0 Å². The molecule has 0 unspecified atom stereocenters. The van der Waals surface area contributed by atoms with Gasteiger partial charge in [0.05, 0.1) is 0 Å². The van der Waals surface area contributed by atoms with E-state index in [1.807, 2.05) is 0 Å². The van der Waals surface area contributed by atoms with Crippen molar-refractivity contribution in [2.24, 2.45) is 0 Å². The first-order valence-corrected chi connectivity index (χ1v) is 5.92. The van der Waals surface area contributed by atoms with Crippen molar-refractivity contribution in [3.05, 3.63) is 0 Å². The van der Waals surface area contributed by atoms with Gasteiger partial charge in [0.15, 0.2) is 0 Å². The topological polar surface area (TPSA) is 120 Å². The molecule has 0 heterocycles. The van der Waals surface area contributed by atoms with E-state index in [1.165, 1.54) is 0 Å². The van der Waals surface area contributed by atoms with Gasteiger partial charge < -0.3 is 0 Å². The number of hydrogen-bond donors (Lipinski definition) is 0. The molecule has 0 aliphatic carbocycles. The predicted octanol–water partition coefficient (Wildman–Crippen LogP) is -4.31. The Morgan fingerprint density at radius 3 is 0.700 bits per heavy atom. The van der Waals surface area contributed by atoms with Crippen LogP contribution < -0.4 is 11.3 Å². The average molecular weight is 411 g/mol. The van der Waals surface area contributed by atoms with Gasteiger partial charge in [0.2, 0.25) is 0 Å². The summed E-state index contributed by atoms with van der Waals surface area (Å²) in [6.07, 6.45) is 0. The van der Waals surface area contributed by atoms with Crippen LogP contribution >= 0.6 is 0 Å². The summed E-state index contributed by atoms with van der Waals surface area (Å²) in [5.74, 6) is 0. The zero-order valence-electron chi connectivity index (χ0n) is 4.25. The quantitative estimate of drug-likeness (QED) is 0.372. The van der Waals surface area contributed by atoms with Gasteiger partial charge in [-0.05, 0) is 0 Å². The second kappa shape index (κ2) is 44.6. The molecule has 0 amide bonds. The Balaban J connectivity index is -0.0000000257. The summed E-state index contributed by atoms with van der Waals surface area (Å²) in [6, 6.07) is 0. The van der Waals surface area contributed by atoms with E-state index in [4.69, 9.17) is 21.5 Å². The molecule has 0 aromatic heterocycles. The van der Waals surface area contributed by atoms with Crippen molar-refractivity contribution in [1.82, 2.24) is 0 Å². The van der Waals surface area contributed by atoms with E-state index < -0.39 is 56.7 Å². The predicted molar refractivity (Wildman–Crippen MR) is 7.81 cm³/mol. The Morgan fingerprint density at radius 1 is 0.700 bits per heavy atom. The van der Waals surface area contributed by atoms with Crippen LogP contribution in [0.25, 0.3) is 0 Å². The molecule has 0 saturated heterocycles.